The summed E-state index contributed by atoms with van der Waals surface area (Å²) in [5, 5.41) is 0. The molecule has 4 nitrogen and oxygen atoms in total. The maximum Gasteiger partial charge on any atom is 0.223 e. The molecule has 1 amide bonds. The molecule has 1 saturated heterocycles. The zero-order valence-electron chi connectivity index (χ0n) is 15.2. The summed E-state index contributed by atoms with van der Waals surface area (Å²) in [5.74, 6) is 0.963. The first-order valence-electron chi connectivity index (χ1n) is 9.53. The summed E-state index contributed by atoms with van der Waals surface area (Å²) < 4.78 is 0. The standard InChI is InChI=1S/C20H31N3O/c1-22(2)15-17-10-6-11-18(21-17)19-12-7-13-23(19)20(24)14-16-8-4-3-5-9-16/h6,10-11,16,19H,3-5,7-9,12-15H2,1-2H3. The summed E-state index contributed by atoms with van der Waals surface area (Å²) in [7, 11) is 4.12. The van der Waals surface area contributed by atoms with Gasteiger partial charge in [0.25, 0.3) is 0 Å². The van der Waals surface area contributed by atoms with E-state index in [-0.39, 0.29) is 6.04 Å². The molecular weight excluding hydrogens is 298 g/mol. The van der Waals surface area contributed by atoms with E-state index >= 15 is 0 Å². The van der Waals surface area contributed by atoms with E-state index in [0.29, 0.717) is 11.8 Å². The third-order valence-electron chi connectivity index (χ3n) is 5.41. The number of likely N-dealkylation sites (tertiary alicyclic amines) is 1. The molecule has 3 rings (SSSR count). The monoisotopic (exact) mass is 329 g/mol. The fourth-order valence-electron chi connectivity index (χ4n) is 4.22. The van der Waals surface area contributed by atoms with Crippen LogP contribution in [0, 0.1) is 5.92 Å². The van der Waals surface area contributed by atoms with Gasteiger partial charge in [-0.15, -0.1) is 0 Å². The molecule has 1 unspecified atom stereocenters. The molecule has 4 heteroatoms. The number of amides is 1. The van der Waals surface area contributed by atoms with Crippen molar-refractivity contribution in [3.8, 4) is 0 Å². The Morgan fingerprint density at radius 2 is 1.96 bits per heavy atom. The van der Waals surface area contributed by atoms with Crippen molar-refractivity contribution in [2.24, 2.45) is 5.92 Å². The van der Waals surface area contributed by atoms with Gasteiger partial charge in [0.2, 0.25) is 5.91 Å². The van der Waals surface area contributed by atoms with Gasteiger partial charge in [0, 0.05) is 19.5 Å². The predicted octanol–water partition coefficient (Wildman–Crippen LogP) is 3.78. The number of carbonyl (C=O) groups is 1. The number of hydrogen-bond acceptors (Lipinski definition) is 3. The lowest BCUT2D eigenvalue weighted by molar-refractivity contribution is -0.133. The van der Waals surface area contributed by atoms with Crippen LogP contribution in [0.2, 0.25) is 0 Å². The van der Waals surface area contributed by atoms with E-state index in [4.69, 9.17) is 4.98 Å². The minimum absolute atomic E-state index is 0.184. The van der Waals surface area contributed by atoms with Gasteiger partial charge in [-0.3, -0.25) is 9.78 Å². The number of aromatic nitrogens is 1. The lowest BCUT2D eigenvalue weighted by Gasteiger charge is -2.28. The van der Waals surface area contributed by atoms with E-state index in [9.17, 15) is 4.79 Å². The Morgan fingerprint density at radius 3 is 2.71 bits per heavy atom. The van der Waals surface area contributed by atoms with Crippen molar-refractivity contribution in [2.75, 3.05) is 20.6 Å². The molecule has 1 aliphatic carbocycles. The lowest BCUT2D eigenvalue weighted by Crippen LogP contribution is -2.32. The van der Waals surface area contributed by atoms with Crippen molar-refractivity contribution >= 4 is 5.91 Å². The summed E-state index contributed by atoms with van der Waals surface area (Å²) in [4.78, 5) is 21.9. The zero-order chi connectivity index (χ0) is 16.9. The third kappa shape index (κ3) is 4.35. The molecule has 2 heterocycles. The Labute approximate surface area is 146 Å². The first kappa shape index (κ1) is 17.4. The number of pyridine rings is 1. The van der Waals surface area contributed by atoms with Crippen LogP contribution in [0.3, 0.4) is 0 Å². The average Bonchev–Trinajstić information content (AvgIpc) is 3.05. The van der Waals surface area contributed by atoms with Gasteiger partial charge in [0.05, 0.1) is 17.4 Å². The van der Waals surface area contributed by atoms with Gasteiger partial charge in [-0.1, -0.05) is 25.3 Å². The second-order valence-electron chi connectivity index (χ2n) is 7.74. The van der Waals surface area contributed by atoms with Crippen molar-refractivity contribution in [2.45, 2.75) is 64.0 Å². The molecule has 1 aromatic rings. The predicted molar refractivity (Wildman–Crippen MR) is 96.5 cm³/mol. The minimum Gasteiger partial charge on any atom is -0.334 e. The zero-order valence-corrected chi connectivity index (χ0v) is 15.2. The van der Waals surface area contributed by atoms with Crippen molar-refractivity contribution in [3.05, 3.63) is 29.6 Å². The van der Waals surface area contributed by atoms with Crippen molar-refractivity contribution in [1.29, 1.82) is 0 Å². The number of rotatable bonds is 5. The van der Waals surface area contributed by atoms with Gasteiger partial charge in [-0.25, -0.2) is 0 Å². The quantitative estimate of drug-likeness (QED) is 0.825. The van der Waals surface area contributed by atoms with Crippen LogP contribution in [0.15, 0.2) is 18.2 Å². The fourth-order valence-corrected chi connectivity index (χ4v) is 4.22. The molecule has 1 aliphatic heterocycles. The van der Waals surface area contributed by atoms with Crippen LogP contribution in [0.4, 0.5) is 0 Å². The highest BCUT2D eigenvalue weighted by molar-refractivity contribution is 5.77. The normalized spacial score (nSPS) is 22.3. The van der Waals surface area contributed by atoms with Crippen molar-refractivity contribution in [3.63, 3.8) is 0 Å². The van der Waals surface area contributed by atoms with E-state index in [1.54, 1.807) is 0 Å². The molecule has 1 saturated carbocycles. The van der Waals surface area contributed by atoms with Gasteiger partial charge in [-0.05, 0) is 57.8 Å². The van der Waals surface area contributed by atoms with Gasteiger partial charge >= 0.3 is 0 Å². The maximum absolute atomic E-state index is 12.8. The first-order chi connectivity index (χ1) is 11.6. The highest BCUT2D eigenvalue weighted by Crippen LogP contribution is 2.34. The van der Waals surface area contributed by atoms with Crippen LogP contribution >= 0.6 is 0 Å². The Morgan fingerprint density at radius 1 is 1.17 bits per heavy atom. The topological polar surface area (TPSA) is 36.4 Å². The molecule has 0 N–H and O–H groups in total. The van der Waals surface area contributed by atoms with E-state index in [2.05, 4.69) is 42.1 Å². The second-order valence-corrected chi connectivity index (χ2v) is 7.74. The molecule has 1 aromatic heterocycles. The summed E-state index contributed by atoms with van der Waals surface area (Å²) in [5.41, 5.74) is 2.16. The third-order valence-corrected chi connectivity index (χ3v) is 5.41. The van der Waals surface area contributed by atoms with Crippen LogP contribution in [0.1, 0.15) is 68.8 Å². The molecular formula is C20H31N3O. The lowest BCUT2D eigenvalue weighted by atomic mass is 9.86. The highest BCUT2D eigenvalue weighted by Gasteiger charge is 2.32. The van der Waals surface area contributed by atoms with Crippen molar-refractivity contribution < 1.29 is 4.79 Å². The average molecular weight is 329 g/mol. The summed E-state index contributed by atoms with van der Waals surface area (Å²) in [6.45, 7) is 1.74. The minimum atomic E-state index is 0.184. The molecule has 2 aliphatic rings. The molecule has 24 heavy (non-hydrogen) atoms. The van der Waals surface area contributed by atoms with E-state index in [1.807, 2.05) is 0 Å². The summed E-state index contributed by atoms with van der Waals surface area (Å²) in [6.07, 6.45) is 9.32. The molecule has 0 aromatic carbocycles. The Bertz CT molecular complexity index is 552. The number of hydrogen-bond donors (Lipinski definition) is 0. The summed E-state index contributed by atoms with van der Waals surface area (Å²) >= 11 is 0. The smallest absolute Gasteiger partial charge is 0.223 e. The van der Waals surface area contributed by atoms with Crippen LogP contribution in [-0.4, -0.2) is 41.3 Å². The second kappa shape index (κ2) is 8.11. The van der Waals surface area contributed by atoms with E-state index < -0.39 is 0 Å². The fraction of sp³-hybridized carbons (Fsp3) is 0.700. The van der Waals surface area contributed by atoms with Crippen LogP contribution in [0.25, 0.3) is 0 Å². The Kier molecular flexibility index (Phi) is 5.88. The van der Waals surface area contributed by atoms with E-state index in [0.717, 1.165) is 43.7 Å². The summed E-state index contributed by atoms with van der Waals surface area (Å²) in [6, 6.07) is 6.44. The largest absolute Gasteiger partial charge is 0.334 e. The molecule has 0 spiro atoms. The van der Waals surface area contributed by atoms with Gasteiger partial charge in [-0.2, -0.15) is 0 Å². The number of nitrogens with zero attached hydrogens (tertiary/aromatic N) is 3. The maximum atomic E-state index is 12.8. The molecule has 0 radical (unpaired) electrons. The molecule has 0 bridgehead atoms. The Hall–Kier alpha value is -1.42. The number of carbonyl (C=O) groups excluding carboxylic acids is 1. The van der Waals surface area contributed by atoms with Crippen molar-refractivity contribution in [1.82, 2.24) is 14.8 Å². The van der Waals surface area contributed by atoms with Gasteiger partial charge in [0.15, 0.2) is 0 Å². The van der Waals surface area contributed by atoms with Crippen LogP contribution < -0.4 is 0 Å². The highest BCUT2D eigenvalue weighted by atomic mass is 16.2. The van der Waals surface area contributed by atoms with E-state index in [1.165, 1.54) is 32.1 Å². The van der Waals surface area contributed by atoms with Gasteiger partial charge in [0.1, 0.15) is 0 Å². The Balaban J connectivity index is 1.67. The SMILES string of the molecule is CN(C)Cc1cccc(C2CCCN2C(=O)CC2CCCCC2)n1. The van der Waals surface area contributed by atoms with Crippen LogP contribution in [-0.2, 0) is 11.3 Å². The molecule has 132 valence electrons. The molecule has 1 atom stereocenters. The molecule has 2 fully saturated rings. The first-order valence-corrected chi connectivity index (χ1v) is 9.53. The van der Waals surface area contributed by atoms with Crippen LogP contribution in [0.5, 0.6) is 0 Å². The van der Waals surface area contributed by atoms with Gasteiger partial charge < -0.3 is 9.80 Å².